The zero-order valence-electron chi connectivity index (χ0n) is 12.4. The van der Waals surface area contributed by atoms with Gasteiger partial charge in [-0.15, -0.1) is 0 Å². The van der Waals surface area contributed by atoms with Crippen molar-refractivity contribution >= 4 is 0 Å². The number of hydrogen-bond acceptors (Lipinski definition) is 1. The van der Waals surface area contributed by atoms with Crippen LogP contribution in [0.5, 0.6) is 0 Å². The fourth-order valence-corrected chi connectivity index (χ4v) is 2.51. The molecular weight excluding hydrogens is 249 g/mol. The van der Waals surface area contributed by atoms with Crippen LogP contribution < -0.4 is 5.32 Å². The Kier molecular flexibility index (Phi) is 4.91. The first-order valence-electron chi connectivity index (χ1n) is 7.18. The molecule has 2 heteroatoms. The maximum absolute atomic E-state index is 13.6. The van der Waals surface area contributed by atoms with Crippen molar-refractivity contribution in [2.24, 2.45) is 0 Å². The lowest BCUT2D eigenvalue weighted by atomic mass is 9.92. The third kappa shape index (κ3) is 3.26. The Morgan fingerprint density at radius 3 is 2.40 bits per heavy atom. The maximum Gasteiger partial charge on any atom is 0.123 e. The van der Waals surface area contributed by atoms with Crippen LogP contribution in [0.15, 0.2) is 42.5 Å². The van der Waals surface area contributed by atoms with E-state index in [0.29, 0.717) is 0 Å². The molecule has 1 N–H and O–H groups in total. The summed E-state index contributed by atoms with van der Waals surface area (Å²) in [5, 5.41) is 3.54. The number of halogens is 1. The predicted octanol–water partition coefficient (Wildman–Crippen LogP) is 4.53. The molecule has 1 unspecified atom stereocenters. The lowest BCUT2D eigenvalue weighted by molar-refractivity contribution is 0.581. The second kappa shape index (κ2) is 6.67. The normalized spacial score (nSPS) is 12.4. The summed E-state index contributed by atoms with van der Waals surface area (Å²) in [6.07, 6.45) is 1.05. The number of rotatable bonds is 5. The zero-order valence-corrected chi connectivity index (χ0v) is 12.4. The van der Waals surface area contributed by atoms with Crippen molar-refractivity contribution in [3.63, 3.8) is 0 Å². The standard InChI is InChI=1S/C18H22FN/c1-4-11-20-18(16-8-6-5-7-13(16)2)17-12-15(19)10-9-14(17)3/h5-10,12,18,20H,4,11H2,1-3H3. The van der Waals surface area contributed by atoms with Gasteiger partial charge >= 0.3 is 0 Å². The van der Waals surface area contributed by atoms with Crippen molar-refractivity contribution in [2.45, 2.75) is 33.2 Å². The lowest BCUT2D eigenvalue weighted by Crippen LogP contribution is -2.24. The number of hydrogen-bond donors (Lipinski definition) is 1. The van der Waals surface area contributed by atoms with Crippen molar-refractivity contribution < 1.29 is 4.39 Å². The Morgan fingerprint density at radius 2 is 1.70 bits per heavy atom. The Balaban J connectivity index is 2.47. The van der Waals surface area contributed by atoms with Crippen LogP contribution in [-0.2, 0) is 0 Å². The average Bonchev–Trinajstić information content (AvgIpc) is 2.44. The van der Waals surface area contributed by atoms with Crippen LogP contribution in [0.3, 0.4) is 0 Å². The second-order valence-corrected chi connectivity index (χ2v) is 5.24. The van der Waals surface area contributed by atoms with E-state index in [4.69, 9.17) is 0 Å². The SMILES string of the molecule is CCCNC(c1ccccc1C)c1cc(F)ccc1C. The van der Waals surface area contributed by atoms with Crippen LogP contribution in [0.2, 0.25) is 0 Å². The average molecular weight is 271 g/mol. The van der Waals surface area contributed by atoms with Gasteiger partial charge < -0.3 is 5.32 Å². The summed E-state index contributed by atoms with van der Waals surface area (Å²) >= 11 is 0. The molecule has 2 aromatic rings. The van der Waals surface area contributed by atoms with E-state index in [1.165, 1.54) is 17.2 Å². The topological polar surface area (TPSA) is 12.0 Å². The molecule has 0 aliphatic carbocycles. The van der Waals surface area contributed by atoms with E-state index in [0.717, 1.165) is 24.1 Å². The van der Waals surface area contributed by atoms with Gasteiger partial charge in [0, 0.05) is 0 Å². The minimum atomic E-state index is -0.178. The summed E-state index contributed by atoms with van der Waals surface area (Å²) in [6.45, 7) is 7.19. The smallest absolute Gasteiger partial charge is 0.123 e. The molecule has 106 valence electrons. The third-order valence-corrected chi connectivity index (χ3v) is 3.65. The highest BCUT2D eigenvalue weighted by Gasteiger charge is 2.17. The summed E-state index contributed by atoms with van der Waals surface area (Å²) in [6, 6.07) is 13.4. The Hall–Kier alpha value is -1.67. The highest BCUT2D eigenvalue weighted by molar-refractivity contribution is 5.40. The molecule has 20 heavy (non-hydrogen) atoms. The van der Waals surface area contributed by atoms with Gasteiger partial charge in [-0.05, 0) is 61.2 Å². The van der Waals surface area contributed by atoms with Gasteiger partial charge in [0.15, 0.2) is 0 Å². The Labute approximate surface area is 120 Å². The summed E-state index contributed by atoms with van der Waals surface area (Å²) in [5.41, 5.74) is 4.58. The van der Waals surface area contributed by atoms with Crippen molar-refractivity contribution in [1.29, 1.82) is 0 Å². The minimum Gasteiger partial charge on any atom is -0.306 e. The molecule has 0 saturated heterocycles. The zero-order chi connectivity index (χ0) is 14.5. The molecule has 0 heterocycles. The summed E-state index contributed by atoms with van der Waals surface area (Å²) in [5.74, 6) is -0.178. The van der Waals surface area contributed by atoms with Gasteiger partial charge in [0.1, 0.15) is 5.82 Å². The summed E-state index contributed by atoms with van der Waals surface area (Å²) in [4.78, 5) is 0. The lowest BCUT2D eigenvalue weighted by Gasteiger charge is -2.23. The fraction of sp³-hybridized carbons (Fsp3) is 0.333. The van der Waals surface area contributed by atoms with Crippen molar-refractivity contribution in [3.05, 3.63) is 70.5 Å². The summed E-state index contributed by atoms with van der Waals surface area (Å²) in [7, 11) is 0. The first kappa shape index (κ1) is 14.7. The monoisotopic (exact) mass is 271 g/mol. The van der Waals surface area contributed by atoms with Gasteiger partial charge in [0.25, 0.3) is 0 Å². The van der Waals surface area contributed by atoms with Gasteiger partial charge in [-0.3, -0.25) is 0 Å². The van der Waals surface area contributed by atoms with Crippen LogP contribution in [0.1, 0.15) is 41.6 Å². The molecule has 0 radical (unpaired) electrons. The van der Waals surface area contributed by atoms with Crippen molar-refractivity contribution in [1.82, 2.24) is 5.32 Å². The van der Waals surface area contributed by atoms with E-state index in [2.05, 4.69) is 31.3 Å². The van der Waals surface area contributed by atoms with Gasteiger partial charge in [0.05, 0.1) is 6.04 Å². The third-order valence-electron chi connectivity index (χ3n) is 3.65. The van der Waals surface area contributed by atoms with Crippen LogP contribution >= 0.6 is 0 Å². The highest BCUT2D eigenvalue weighted by atomic mass is 19.1. The van der Waals surface area contributed by atoms with Gasteiger partial charge in [-0.25, -0.2) is 4.39 Å². The quantitative estimate of drug-likeness (QED) is 0.842. The molecule has 0 spiro atoms. The Morgan fingerprint density at radius 1 is 1.00 bits per heavy atom. The molecule has 0 aromatic heterocycles. The molecule has 0 bridgehead atoms. The van der Waals surface area contributed by atoms with E-state index in [9.17, 15) is 4.39 Å². The van der Waals surface area contributed by atoms with Crippen LogP contribution in [0.4, 0.5) is 4.39 Å². The Bertz CT molecular complexity index is 577. The molecule has 0 fully saturated rings. The molecule has 1 nitrogen and oxygen atoms in total. The number of nitrogens with one attached hydrogen (secondary N) is 1. The highest BCUT2D eigenvalue weighted by Crippen LogP contribution is 2.27. The molecule has 0 amide bonds. The van der Waals surface area contributed by atoms with E-state index in [1.807, 2.05) is 25.1 Å². The van der Waals surface area contributed by atoms with Crippen molar-refractivity contribution in [2.75, 3.05) is 6.54 Å². The summed E-state index contributed by atoms with van der Waals surface area (Å²) < 4.78 is 13.6. The maximum atomic E-state index is 13.6. The van der Waals surface area contributed by atoms with Crippen LogP contribution in [0, 0.1) is 19.7 Å². The molecule has 1 atom stereocenters. The fourth-order valence-electron chi connectivity index (χ4n) is 2.51. The molecule has 0 saturated carbocycles. The number of aryl methyl sites for hydroxylation is 2. The van der Waals surface area contributed by atoms with Crippen LogP contribution in [-0.4, -0.2) is 6.54 Å². The number of benzene rings is 2. The van der Waals surface area contributed by atoms with Gasteiger partial charge in [-0.1, -0.05) is 37.3 Å². The van der Waals surface area contributed by atoms with Crippen LogP contribution in [0.25, 0.3) is 0 Å². The molecule has 2 rings (SSSR count). The predicted molar refractivity (Wildman–Crippen MR) is 82.5 cm³/mol. The van der Waals surface area contributed by atoms with Crippen molar-refractivity contribution in [3.8, 4) is 0 Å². The first-order valence-corrected chi connectivity index (χ1v) is 7.18. The van der Waals surface area contributed by atoms with E-state index in [1.54, 1.807) is 6.07 Å². The van der Waals surface area contributed by atoms with Gasteiger partial charge in [-0.2, -0.15) is 0 Å². The van der Waals surface area contributed by atoms with E-state index < -0.39 is 0 Å². The minimum absolute atomic E-state index is 0.0480. The molecule has 0 aliphatic heterocycles. The molecule has 2 aromatic carbocycles. The van der Waals surface area contributed by atoms with E-state index in [-0.39, 0.29) is 11.9 Å². The largest absolute Gasteiger partial charge is 0.306 e. The molecule has 0 aliphatic rings. The second-order valence-electron chi connectivity index (χ2n) is 5.24. The van der Waals surface area contributed by atoms with Gasteiger partial charge in [0.2, 0.25) is 0 Å². The van der Waals surface area contributed by atoms with E-state index >= 15 is 0 Å². The molecular formula is C18H22FN. The first-order chi connectivity index (χ1) is 9.63.